The molecular weight excluding hydrogens is 258 g/mol. The molecule has 0 aliphatic carbocycles. The second kappa shape index (κ2) is 4.96. The number of H-pyrrole nitrogens is 1. The van der Waals surface area contributed by atoms with E-state index in [2.05, 4.69) is 10.2 Å². The quantitative estimate of drug-likeness (QED) is 0.781. The van der Waals surface area contributed by atoms with E-state index in [0.29, 0.717) is 25.2 Å². The number of hydrogen-bond acceptors (Lipinski definition) is 5. The summed E-state index contributed by atoms with van der Waals surface area (Å²) in [6, 6.07) is 0. The van der Waals surface area contributed by atoms with Crippen molar-refractivity contribution in [3.63, 3.8) is 0 Å². The minimum atomic E-state index is -3.61. The molecule has 2 heterocycles. The van der Waals surface area contributed by atoms with Gasteiger partial charge in [0.15, 0.2) is 0 Å². The van der Waals surface area contributed by atoms with E-state index < -0.39 is 16.6 Å². The first-order valence-electron chi connectivity index (χ1n) is 5.68. The number of aromatic nitrogens is 2. The van der Waals surface area contributed by atoms with Crippen LogP contribution in [0.3, 0.4) is 0 Å². The highest BCUT2D eigenvalue weighted by molar-refractivity contribution is 7.89. The van der Waals surface area contributed by atoms with Crippen LogP contribution in [0.1, 0.15) is 17.8 Å². The second-order valence-corrected chi connectivity index (χ2v) is 6.17. The number of hydrogen-bond donors (Lipinski definition) is 2. The molecule has 1 saturated heterocycles. The average molecular weight is 275 g/mol. The summed E-state index contributed by atoms with van der Waals surface area (Å²) in [7, 11) is -2.04. The predicted molar refractivity (Wildman–Crippen MR) is 63.4 cm³/mol. The molecule has 18 heavy (non-hydrogen) atoms. The molecule has 2 rings (SSSR count). The number of aromatic amines is 1. The van der Waals surface area contributed by atoms with Crippen LogP contribution in [0.5, 0.6) is 0 Å². The monoisotopic (exact) mass is 275 g/mol. The number of ether oxygens (including phenoxy) is 1. The molecule has 0 radical (unpaired) electrons. The first-order chi connectivity index (χ1) is 8.50. The summed E-state index contributed by atoms with van der Waals surface area (Å²) in [5.74, 6) is 0. The topological polar surface area (TPSA) is 95.5 Å². The highest BCUT2D eigenvalue weighted by atomic mass is 32.2. The smallest absolute Gasteiger partial charge is 0.246 e. The van der Waals surface area contributed by atoms with E-state index in [1.165, 1.54) is 4.31 Å². The largest absolute Gasteiger partial charge is 0.390 e. The van der Waals surface area contributed by atoms with Gasteiger partial charge in [-0.15, -0.1) is 0 Å². The van der Waals surface area contributed by atoms with E-state index in [-0.39, 0.29) is 16.7 Å². The van der Waals surface area contributed by atoms with Crippen molar-refractivity contribution in [2.75, 3.05) is 20.2 Å². The number of sulfonamides is 1. The molecule has 0 amide bonds. The van der Waals surface area contributed by atoms with Gasteiger partial charge in [0.1, 0.15) is 10.6 Å². The van der Waals surface area contributed by atoms with Gasteiger partial charge in [-0.1, -0.05) is 0 Å². The van der Waals surface area contributed by atoms with Crippen molar-refractivity contribution in [2.45, 2.75) is 31.0 Å². The van der Waals surface area contributed by atoms with E-state index in [0.717, 1.165) is 0 Å². The van der Waals surface area contributed by atoms with Gasteiger partial charge in [-0.05, 0) is 13.3 Å². The minimum Gasteiger partial charge on any atom is -0.390 e. The van der Waals surface area contributed by atoms with Crippen molar-refractivity contribution in [2.24, 2.45) is 0 Å². The number of rotatable bonds is 4. The summed E-state index contributed by atoms with van der Waals surface area (Å²) in [6.07, 6.45) is 0.616. The number of aryl methyl sites for hydroxylation is 1. The van der Waals surface area contributed by atoms with Crippen LogP contribution in [0.25, 0.3) is 0 Å². The van der Waals surface area contributed by atoms with Gasteiger partial charge in [0.25, 0.3) is 0 Å². The normalized spacial score (nSPS) is 21.6. The molecule has 8 heteroatoms. The summed E-state index contributed by atoms with van der Waals surface area (Å²) in [5.41, 5.74) is 0.605. The van der Waals surface area contributed by atoms with E-state index >= 15 is 0 Å². The van der Waals surface area contributed by atoms with Crippen LogP contribution >= 0.6 is 0 Å². The van der Waals surface area contributed by atoms with Gasteiger partial charge in [0.2, 0.25) is 10.0 Å². The number of nitrogens with one attached hydrogen (secondary N) is 1. The lowest BCUT2D eigenvalue weighted by Crippen LogP contribution is -2.31. The number of nitrogens with zero attached hydrogens (tertiary/aromatic N) is 2. The Kier molecular flexibility index (Phi) is 3.71. The molecule has 1 aromatic rings. The molecule has 1 fully saturated rings. The maximum Gasteiger partial charge on any atom is 0.246 e. The molecule has 7 nitrogen and oxygen atoms in total. The zero-order chi connectivity index (χ0) is 13.3. The fraction of sp³-hybridized carbons (Fsp3) is 0.700. The second-order valence-electron chi connectivity index (χ2n) is 4.29. The Hall–Kier alpha value is -0.960. The van der Waals surface area contributed by atoms with Gasteiger partial charge >= 0.3 is 0 Å². The Balaban J connectivity index is 2.34. The van der Waals surface area contributed by atoms with Crippen LogP contribution in [-0.4, -0.2) is 54.3 Å². The summed E-state index contributed by atoms with van der Waals surface area (Å²) < 4.78 is 31.4. The van der Waals surface area contributed by atoms with Gasteiger partial charge in [-0.2, -0.15) is 9.40 Å². The van der Waals surface area contributed by atoms with Crippen LogP contribution in [0, 0.1) is 6.92 Å². The van der Waals surface area contributed by atoms with Crippen LogP contribution in [0.4, 0.5) is 0 Å². The van der Waals surface area contributed by atoms with Crippen molar-refractivity contribution >= 4 is 10.0 Å². The molecule has 1 atom stereocenters. The molecule has 102 valence electrons. The standard InChI is InChI=1S/C10H17N3O4S/c1-7-10(9(6-14)12-11-7)18(15,16)13-4-3-8(5-13)17-2/h8,14H,3-6H2,1-2H3,(H,11,12). The Morgan fingerprint density at radius 3 is 2.89 bits per heavy atom. The molecule has 0 bridgehead atoms. The molecule has 0 aromatic carbocycles. The molecule has 1 aliphatic heterocycles. The van der Waals surface area contributed by atoms with E-state index in [1.807, 2.05) is 0 Å². The predicted octanol–water partition coefficient (Wildman–Crippen LogP) is -0.380. The zero-order valence-electron chi connectivity index (χ0n) is 10.4. The third-order valence-electron chi connectivity index (χ3n) is 3.15. The van der Waals surface area contributed by atoms with Crippen molar-refractivity contribution in [1.82, 2.24) is 14.5 Å². The fourth-order valence-corrected chi connectivity index (χ4v) is 3.96. The van der Waals surface area contributed by atoms with Crippen LogP contribution < -0.4 is 0 Å². The van der Waals surface area contributed by atoms with Gasteiger partial charge in [-0.25, -0.2) is 8.42 Å². The molecule has 0 spiro atoms. The Morgan fingerprint density at radius 1 is 1.61 bits per heavy atom. The molecule has 0 saturated carbocycles. The van der Waals surface area contributed by atoms with Crippen LogP contribution in [-0.2, 0) is 21.4 Å². The lowest BCUT2D eigenvalue weighted by atomic mass is 10.3. The van der Waals surface area contributed by atoms with Crippen molar-refractivity contribution in [3.8, 4) is 0 Å². The third kappa shape index (κ3) is 2.16. The van der Waals surface area contributed by atoms with Crippen molar-refractivity contribution in [1.29, 1.82) is 0 Å². The Morgan fingerprint density at radius 2 is 2.33 bits per heavy atom. The minimum absolute atomic E-state index is 0.0652. The lowest BCUT2D eigenvalue weighted by molar-refractivity contribution is 0.115. The van der Waals surface area contributed by atoms with Crippen LogP contribution in [0.2, 0.25) is 0 Å². The first kappa shape index (κ1) is 13.5. The number of aliphatic hydroxyl groups excluding tert-OH is 1. The van der Waals surface area contributed by atoms with Crippen molar-refractivity contribution < 1.29 is 18.3 Å². The highest BCUT2D eigenvalue weighted by Gasteiger charge is 2.35. The Labute approximate surface area is 106 Å². The SMILES string of the molecule is COC1CCN(S(=O)(=O)c2c(CO)n[nH]c2C)C1. The lowest BCUT2D eigenvalue weighted by Gasteiger charge is -2.16. The van der Waals surface area contributed by atoms with Crippen LogP contribution in [0.15, 0.2) is 4.90 Å². The van der Waals surface area contributed by atoms with Gasteiger partial charge in [-0.3, -0.25) is 5.10 Å². The average Bonchev–Trinajstić information content (AvgIpc) is 2.95. The fourth-order valence-electron chi connectivity index (χ4n) is 2.16. The summed E-state index contributed by atoms with van der Waals surface area (Å²) in [4.78, 5) is 0.0850. The van der Waals surface area contributed by atoms with E-state index in [9.17, 15) is 8.42 Å². The van der Waals surface area contributed by atoms with E-state index in [1.54, 1.807) is 14.0 Å². The maximum atomic E-state index is 12.5. The zero-order valence-corrected chi connectivity index (χ0v) is 11.2. The summed E-state index contributed by atoms with van der Waals surface area (Å²) >= 11 is 0. The molecule has 1 aromatic heterocycles. The highest BCUT2D eigenvalue weighted by Crippen LogP contribution is 2.26. The van der Waals surface area contributed by atoms with Gasteiger partial charge < -0.3 is 9.84 Å². The summed E-state index contributed by atoms with van der Waals surface area (Å²) in [5, 5.41) is 15.5. The van der Waals surface area contributed by atoms with Gasteiger partial charge in [0, 0.05) is 20.2 Å². The third-order valence-corrected chi connectivity index (χ3v) is 5.22. The number of methoxy groups -OCH3 is 1. The summed E-state index contributed by atoms with van der Waals surface area (Å²) in [6.45, 7) is 1.99. The number of aliphatic hydroxyl groups is 1. The van der Waals surface area contributed by atoms with Crippen molar-refractivity contribution in [3.05, 3.63) is 11.4 Å². The molecule has 1 aliphatic rings. The first-order valence-corrected chi connectivity index (χ1v) is 7.12. The molecule has 2 N–H and O–H groups in total. The molecular formula is C10H17N3O4S. The van der Waals surface area contributed by atoms with Gasteiger partial charge in [0.05, 0.1) is 18.4 Å². The maximum absolute atomic E-state index is 12.5. The molecule has 1 unspecified atom stereocenters. The van der Waals surface area contributed by atoms with E-state index in [4.69, 9.17) is 9.84 Å². The Bertz CT molecular complexity index is 525.